The second-order valence-electron chi connectivity index (χ2n) is 4.60. The Hall–Kier alpha value is -1.56. The van der Waals surface area contributed by atoms with Gasteiger partial charge in [-0.3, -0.25) is 4.79 Å². The minimum Gasteiger partial charge on any atom is -0.548 e. The summed E-state index contributed by atoms with van der Waals surface area (Å²) in [6.45, 7) is 1.96. The van der Waals surface area contributed by atoms with Gasteiger partial charge in [0.05, 0.1) is 22.9 Å². The van der Waals surface area contributed by atoms with Crippen molar-refractivity contribution in [1.82, 2.24) is 4.90 Å². The molecule has 0 radical (unpaired) electrons. The van der Waals surface area contributed by atoms with E-state index in [1.54, 1.807) is 6.07 Å². The molecular weight excluding hydrogens is 281 g/mol. The topological polar surface area (TPSA) is 60.4 Å². The number of carboxylic acids is 1. The average Bonchev–Trinajstić information content (AvgIpc) is 2.83. The summed E-state index contributed by atoms with van der Waals surface area (Å²) in [5.41, 5.74) is -0.0950. The first-order valence-electron chi connectivity index (χ1n) is 6.46. The number of hydrogen-bond donors (Lipinski definition) is 0. The van der Waals surface area contributed by atoms with Crippen LogP contribution in [0.3, 0.4) is 0 Å². The van der Waals surface area contributed by atoms with Crippen LogP contribution in [0.1, 0.15) is 30.1 Å². The van der Waals surface area contributed by atoms with Crippen molar-refractivity contribution in [2.45, 2.75) is 31.2 Å². The van der Waals surface area contributed by atoms with Gasteiger partial charge in [-0.15, -0.1) is 11.8 Å². The molecule has 0 aliphatic carbocycles. The van der Waals surface area contributed by atoms with Gasteiger partial charge in [-0.25, -0.2) is 4.39 Å². The summed E-state index contributed by atoms with van der Waals surface area (Å²) in [4.78, 5) is 24.9. The number of rotatable bonds is 4. The number of halogens is 1. The smallest absolute Gasteiger partial charge is 0.258 e. The maximum Gasteiger partial charge on any atom is 0.258 e. The van der Waals surface area contributed by atoms with E-state index in [4.69, 9.17) is 0 Å². The van der Waals surface area contributed by atoms with Crippen molar-refractivity contribution in [2.24, 2.45) is 0 Å². The molecule has 108 valence electrons. The summed E-state index contributed by atoms with van der Waals surface area (Å²) in [5, 5.41) is 10.9. The van der Waals surface area contributed by atoms with Crippen LogP contribution in [-0.2, 0) is 4.79 Å². The highest BCUT2D eigenvalue weighted by Crippen LogP contribution is 2.33. The van der Waals surface area contributed by atoms with Crippen molar-refractivity contribution in [3.63, 3.8) is 0 Å². The van der Waals surface area contributed by atoms with E-state index in [-0.39, 0.29) is 16.7 Å². The van der Waals surface area contributed by atoms with Crippen LogP contribution in [-0.4, -0.2) is 33.9 Å². The second-order valence-corrected chi connectivity index (χ2v) is 5.81. The lowest BCUT2D eigenvalue weighted by Crippen LogP contribution is -2.50. The molecule has 1 fully saturated rings. The maximum absolute atomic E-state index is 13.7. The second kappa shape index (κ2) is 6.26. The van der Waals surface area contributed by atoms with Gasteiger partial charge in [0.25, 0.3) is 5.91 Å². The molecule has 0 saturated carbocycles. The fourth-order valence-electron chi connectivity index (χ4n) is 2.26. The number of amides is 1. The normalized spacial score (nSPS) is 22.0. The molecule has 1 aliphatic heterocycles. The first-order chi connectivity index (χ1) is 9.56. The molecule has 0 bridgehead atoms. The van der Waals surface area contributed by atoms with Gasteiger partial charge >= 0.3 is 0 Å². The molecule has 1 aliphatic rings. The summed E-state index contributed by atoms with van der Waals surface area (Å²) >= 11 is 1.40. The van der Waals surface area contributed by atoms with Crippen molar-refractivity contribution in [3.8, 4) is 0 Å². The van der Waals surface area contributed by atoms with Gasteiger partial charge in [-0.05, 0) is 18.6 Å². The van der Waals surface area contributed by atoms with Gasteiger partial charge in [-0.2, -0.15) is 0 Å². The molecule has 0 spiro atoms. The van der Waals surface area contributed by atoms with Gasteiger partial charge in [0.1, 0.15) is 5.82 Å². The Bertz CT molecular complexity index is 523. The van der Waals surface area contributed by atoms with E-state index >= 15 is 0 Å². The number of carbonyl (C=O) groups is 2. The van der Waals surface area contributed by atoms with E-state index in [0.29, 0.717) is 6.42 Å². The Kier molecular flexibility index (Phi) is 4.65. The van der Waals surface area contributed by atoms with Gasteiger partial charge in [0, 0.05) is 5.75 Å². The van der Waals surface area contributed by atoms with Crippen LogP contribution in [0.15, 0.2) is 24.3 Å². The third kappa shape index (κ3) is 2.80. The number of benzene rings is 1. The molecule has 0 aromatic heterocycles. The Morgan fingerprint density at radius 1 is 1.45 bits per heavy atom. The van der Waals surface area contributed by atoms with Crippen molar-refractivity contribution in [1.29, 1.82) is 0 Å². The summed E-state index contributed by atoms with van der Waals surface area (Å²) in [5.74, 6) is -2.23. The molecular formula is C14H15FNO3S-. The fraction of sp³-hybridized carbons (Fsp3) is 0.429. The number of aliphatic carboxylic acids is 1. The highest BCUT2D eigenvalue weighted by atomic mass is 32.2. The zero-order valence-corrected chi connectivity index (χ0v) is 11.9. The van der Waals surface area contributed by atoms with E-state index < -0.39 is 23.7 Å². The monoisotopic (exact) mass is 296 g/mol. The lowest BCUT2D eigenvalue weighted by Gasteiger charge is -2.30. The standard InChI is InChI=1S/C14H16FNO3S/c1-2-5-12-16(11(8-20-12)14(18)19)13(17)9-6-3-4-7-10(9)15/h3-4,6-7,11-12H,2,5,8H2,1H3,(H,18,19)/p-1/t11-,12-/m1/s1. The SMILES string of the molecule is CCC[C@H]1SC[C@H](C(=O)[O-])N1C(=O)c1ccccc1F. The highest BCUT2D eigenvalue weighted by molar-refractivity contribution is 8.00. The Balaban J connectivity index is 2.32. The van der Waals surface area contributed by atoms with E-state index in [1.807, 2.05) is 6.92 Å². The van der Waals surface area contributed by atoms with Gasteiger partial charge in [-0.1, -0.05) is 25.5 Å². The number of nitrogens with zero attached hydrogens (tertiary/aromatic N) is 1. The molecule has 1 aromatic rings. The van der Waals surface area contributed by atoms with Crippen LogP contribution in [0, 0.1) is 5.82 Å². The fourth-order valence-corrected chi connectivity index (χ4v) is 3.77. The maximum atomic E-state index is 13.7. The van der Waals surface area contributed by atoms with E-state index in [0.717, 1.165) is 6.42 Å². The van der Waals surface area contributed by atoms with Crippen LogP contribution >= 0.6 is 11.8 Å². The molecule has 4 nitrogen and oxygen atoms in total. The number of thioether (sulfide) groups is 1. The summed E-state index contributed by atoms with van der Waals surface area (Å²) in [6, 6.07) is 4.62. The third-order valence-electron chi connectivity index (χ3n) is 3.24. The molecule has 1 aromatic carbocycles. The lowest BCUT2D eigenvalue weighted by atomic mass is 10.1. The molecule has 2 rings (SSSR count). The zero-order valence-electron chi connectivity index (χ0n) is 11.0. The Morgan fingerprint density at radius 2 is 2.15 bits per heavy atom. The highest BCUT2D eigenvalue weighted by Gasteiger charge is 2.38. The first kappa shape index (κ1) is 14.8. The van der Waals surface area contributed by atoms with Crippen LogP contribution in [0.5, 0.6) is 0 Å². The molecule has 2 atom stereocenters. The quantitative estimate of drug-likeness (QED) is 0.839. The summed E-state index contributed by atoms with van der Waals surface area (Å²) in [6.07, 6.45) is 1.49. The largest absolute Gasteiger partial charge is 0.548 e. The number of carboxylic acid groups (broad SMARTS) is 1. The van der Waals surface area contributed by atoms with Crippen LogP contribution in [0.4, 0.5) is 4.39 Å². The molecule has 20 heavy (non-hydrogen) atoms. The minimum atomic E-state index is -1.29. The molecule has 1 saturated heterocycles. The lowest BCUT2D eigenvalue weighted by molar-refractivity contribution is -0.310. The van der Waals surface area contributed by atoms with E-state index in [2.05, 4.69) is 0 Å². The minimum absolute atomic E-state index is 0.0950. The predicted octanol–water partition coefficient (Wildman–Crippen LogP) is 1.26. The van der Waals surface area contributed by atoms with Crippen LogP contribution in [0.2, 0.25) is 0 Å². The van der Waals surface area contributed by atoms with Gasteiger partial charge < -0.3 is 14.8 Å². The van der Waals surface area contributed by atoms with Gasteiger partial charge in [0.2, 0.25) is 0 Å². The van der Waals surface area contributed by atoms with E-state index in [9.17, 15) is 19.1 Å². The summed E-state index contributed by atoms with van der Waals surface area (Å²) < 4.78 is 13.7. The van der Waals surface area contributed by atoms with Crippen molar-refractivity contribution in [2.75, 3.05) is 5.75 Å². The first-order valence-corrected chi connectivity index (χ1v) is 7.50. The van der Waals surface area contributed by atoms with Crippen LogP contribution in [0.25, 0.3) is 0 Å². The van der Waals surface area contributed by atoms with Crippen molar-refractivity contribution in [3.05, 3.63) is 35.6 Å². The van der Waals surface area contributed by atoms with Gasteiger partial charge in [0.15, 0.2) is 0 Å². The number of carbonyl (C=O) groups excluding carboxylic acids is 2. The van der Waals surface area contributed by atoms with Crippen LogP contribution < -0.4 is 5.11 Å². The molecule has 6 heteroatoms. The Labute approximate surface area is 121 Å². The van der Waals surface area contributed by atoms with Crippen molar-refractivity contribution < 1.29 is 19.1 Å². The zero-order chi connectivity index (χ0) is 14.7. The molecule has 1 heterocycles. The van der Waals surface area contributed by atoms with Crippen molar-refractivity contribution >= 4 is 23.6 Å². The van der Waals surface area contributed by atoms with E-state index in [1.165, 1.54) is 34.9 Å². The predicted molar refractivity (Wildman–Crippen MR) is 72.5 cm³/mol. The Morgan fingerprint density at radius 3 is 2.75 bits per heavy atom. The molecule has 0 N–H and O–H groups in total. The third-order valence-corrected chi connectivity index (χ3v) is 4.59. The average molecular weight is 296 g/mol. The molecule has 1 amide bonds. The number of hydrogen-bond acceptors (Lipinski definition) is 4. The molecule has 0 unspecified atom stereocenters. The summed E-state index contributed by atoms with van der Waals surface area (Å²) in [7, 11) is 0.